The number of hydrogen-bond acceptors (Lipinski definition) is 4. The van der Waals surface area contributed by atoms with Crippen LogP contribution >= 0.6 is 0 Å². The Kier molecular flexibility index (Phi) is 3.22. The van der Waals surface area contributed by atoms with Gasteiger partial charge in [-0.1, -0.05) is 6.08 Å². The van der Waals surface area contributed by atoms with Crippen LogP contribution in [0, 0.1) is 0 Å². The van der Waals surface area contributed by atoms with Gasteiger partial charge < -0.3 is 15.5 Å². The molecule has 80 valence electrons. The van der Waals surface area contributed by atoms with Gasteiger partial charge in [0.1, 0.15) is 6.04 Å². The van der Waals surface area contributed by atoms with Crippen LogP contribution in [0.5, 0.6) is 0 Å². The third-order valence-corrected chi connectivity index (χ3v) is 1.87. The van der Waals surface area contributed by atoms with Crippen molar-refractivity contribution >= 4 is 17.7 Å². The second-order valence-corrected chi connectivity index (χ2v) is 2.98. The third kappa shape index (κ3) is 2.94. The molecule has 0 unspecified atom stereocenters. The summed E-state index contributed by atoms with van der Waals surface area (Å²) in [5, 5.41) is 19.5. The van der Waals surface area contributed by atoms with Gasteiger partial charge in [-0.2, -0.15) is 0 Å². The van der Waals surface area contributed by atoms with Gasteiger partial charge in [-0.05, 0) is 11.6 Å². The molecule has 0 amide bonds. The van der Waals surface area contributed by atoms with Gasteiger partial charge in [0.2, 0.25) is 0 Å². The van der Waals surface area contributed by atoms with E-state index in [2.05, 4.69) is 5.32 Å². The van der Waals surface area contributed by atoms with Crippen LogP contribution in [-0.2, 0) is 14.4 Å². The van der Waals surface area contributed by atoms with E-state index in [4.69, 9.17) is 10.2 Å². The Labute approximate surface area is 84.9 Å². The van der Waals surface area contributed by atoms with E-state index in [1.807, 2.05) is 0 Å². The SMILES string of the molecule is O=C(O)C(=O)/C=C/C1=CN[C@H](C(=O)O)C1. The summed E-state index contributed by atoms with van der Waals surface area (Å²) >= 11 is 0. The number of carbonyl (C=O) groups is 3. The van der Waals surface area contributed by atoms with Gasteiger partial charge in [0.25, 0.3) is 5.78 Å². The topological polar surface area (TPSA) is 104 Å². The number of aliphatic carboxylic acids is 2. The Bertz CT molecular complexity index is 369. The first-order valence-electron chi connectivity index (χ1n) is 4.14. The number of ketones is 1. The molecule has 0 fully saturated rings. The van der Waals surface area contributed by atoms with E-state index in [1.54, 1.807) is 0 Å². The van der Waals surface area contributed by atoms with Crippen LogP contribution in [-0.4, -0.2) is 34.0 Å². The van der Waals surface area contributed by atoms with Crippen LogP contribution in [0.25, 0.3) is 0 Å². The summed E-state index contributed by atoms with van der Waals surface area (Å²) in [5.41, 5.74) is 0.581. The van der Waals surface area contributed by atoms with Gasteiger partial charge in [-0.3, -0.25) is 4.79 Å². The van der Waals surface area contributed by atoms with E-state index in [1.165, 1.54) is 12.3 Å². The second kappa shape index (κ2) is 4.41. The van der Waals surface area contributed by atoms with Gasteiger partial charge >= 0.3 is 11.9 Å². The zero-order chi connectivity index (χ0) is 11.4. The molecule has 1 atom stereocenters. The van der Waals surface area contributed by atoms with Crippen LogP contribution in [0.15, 0.2) is 23.9 Å². The van der Waals surface area contributed by atoms with Crippen molar-refractivity contribution in [3.05, 3.63) is 23.9 Å². The minimum absolute atomic E-state index is 0.235. The molecule has 1 heterocycles. The Balaban J connectivity index is 2.52. The molecule has 3 N–H and O–H groups in total. The average molecular weight is 211 g/mol. The minimum atomic E-state index is -1.53. The first-order valence-corrected chi connectivity index (χ1v) is 4.14. The molecule has 1 aliphatic heterocycles. The largest absolute Gasteiger partial charge is 0.480 e. The molecule has 1 aliphatic rings. The fourth-order valence-corrected chi connectivity index (χ4v) is 1.09. The van der Waals surface area contributed by atoms with Gasteiger partial charge in [-0.25, -0.2) is 9.59 Å². The van der Waals surface area contributed by atoms with Gasteiger partial charge in [0.05, 0.1) is 0 Å². The van der Waals surface area contributed by atoms with Crippen molar-refractivity contribution in [2.75, 3.05) is 0 Å². The van der Waals surface area contributed by atoms with Crippen molar-refractivity contribution < 1.29 is 24.6 Å². The number of carbonyl (C=O) groups excluding carboxylic acids is 1. The van der Waals surface area contributed by atoms with E-state index >= 15 is 0 Å². The summed E-state index contributed by atoms with van der Waals surface area (Å²) in [7, 11) is 0. The van der Waals surface area contributed by atoms with E-state index in [9.17, 15) is 14.4 Å². The highest BCUT2D eigenvalue weighted by atomic mass is 16.4. The van der Waals surface area contributed by atoms with E-state index in [0.717, 1.165) is 6.08 Å². The number of carboxylic acids is 2. The summed E-state index contributed by atoms with van der Waals surface area (Å²) in [6, 6.07) is -0.704. The Morgan fingerprint density at radius 1 is 1.40 bits per heavy atom. The van der Waals surface area contributed by atoms with Crippen LogP contribution in [0.1, 0.15) is 6.42 Å². The molecule has 0 aromatic carbocycles. The molecule has 0 aromatic heterocycles. The van der Waals surface area contributed by atoms with E-state index in [-0.39, 0.29) is 6.42 Å². The van der Waals surface area contributed by atoms with Gasteiger partial charge in [-0.15, -0.1) is 0 Å². The first kappa shape index (κ1) is 11.0. The zero-order valence-electron chi connectivity index (χ0n) is 7.64. The molecule has 0 aliphatic carbocycles. The predicted molar refractivity (Wildman–Crippen MR) is 49.0 cm³/mol. The molecule has 0 spiro atoms. The molecule has 0 saturated carbocycles. The monoisotopic (exact) mass is 211 g/mol. The molecule has 15 heavy (non-hydrogen) atoms. The van der Waals surface area contributed by atoms with Crippen LogP contribution in [0.4, 0.5) is 0 Å². The maximum absolute atomic E-state index is 10.7. The summed E-state index contributed by atoms with van der Waals surface area (Å²) in [4.78, 5) is 31.3. The van der Waals surface area contributed by atoms with Crippen LogP contribution in [0.3, 0.4) is 0 Å². The fraction of sp³-hybridized carbons (Fsp3) is 0.222. The van der Waals surface area contributed by atoms with Gasteiger partial charge in [0.15, 0.2) is 0 Å². The zero-order valence-corrected chi connectivity index (χ0v) is 7.64. The summed E-state index contributed by atoms with van der Waals surface area (Å²) in [5.74, 6) is -3.55. The minimum Gasteiger partial charge on any atom is -0.480 e. The lowest BCUT2D eigenvalue weighted by Gasteiger charge is -2.02. The van der Waals surface area contributed by atoms with E-state index in [0.29, 0.717) is 5.57 Å². The Morgan fingerprint density at radius 2 is 2.07 bits per heavy atom. The van der Waals surface area contributed by atoms with Crippen molar-refractivity contribution in [3.8, 4) is 0 Å². The van der Waals surface area contributed by atoms with Gasteiger partial charge in [0, 0.05) is 12.6 Å². The lowest BCUT2D eigenvalue weighted by Crippen LogP contribution is -2.28. The van der Waals surface area contributed by atoms with Crippen LogP contribution < -0.4 is 5.32 Å². The number of nitrogens with one attached hydrogen (secondary N) is 1. The average Bonchev–Trinajstić information content (AvgIpc) is 2.62. The highest BCUT2D eigenvalue weighted by molar-refractivity contribution is 6.37. The highest BCUT2D eigenvalue weighted by Crippen LogP contribution is 2.13. The number of rotatable bonds is 4. The lowest BCUT2D eigenvalue weighted by molar-refractivity contribution is -0.146. The number of hydrogen-bond donors (Lipinski definition) is 3. The number of carboxylic acid groups (broad SMARTS) is 2. The predicted octanol–water partition coefficient (Wildman–Crippen LogP) is -0.473. The Morgan fingerprint density at radius 3 is 2.53 bits per heavy atom. The molecule has 0 saturated heterocycles. The third-order valence-electron chi connectivity index (χ3n) is 1.87. The maximum Gasteiger partial charge on any atom is 0.376 e. The molecular weight excluding hydrogens is 202 g/mol. The van der Waals surface area contributed by atoms with Crippen LogP contribution in [0.2, 0.25) is 0 Å². The quantitative estimate of drug-likeness (QED) is 0.429. The normalized spacial score (nSPS) is 19.7. The molecule has 0 aromatic rings. The van der Waals surface area contributed by atoms with Crippen molar-refractivity contribution in [1.29, 1.82) is 0 Å². The summed E-state index contributed by atoms with van der Waals surface area (Å²) in [6.07, 6.45) is 3.88. The molecule has 6 heteroatoms. The summed E-state index contributed by atoms with van der Waals surface area (Å²) < 4.78 is 0. The highest BCUT2D eigenvalue weighted by Gasteiger charge is 2.21. The Hall–Kier alpha value is -2.11. The fourth-order valence-electron chi connectivity index (χ4n) is 1.09. The molecular formula is C9H9NO5. The number of allylic oxidation sites excluding steroid dienone is 1. The standard InChI is InChI=1S/C9H9NO5/c11-7(9(14)15)2-1-5-3-6(8(12)13)10-4-5/h1-2,4,6,10H,3H2,(H,12,13)(H,14,15)/b2-1+/t6-/m0/s1. The molecule has 1 rings (SSSR count). The lowest BCUT2D eigenvalue weighted by atomic mass is 10.1. The molecule has 0 bridgehead atoms. The van der Waals surface area contributed by atoms with E-state index < -0.39 is 23.8 Å². The van der Waals surface area contributed by atoms with Crippen molar-refractivity contribution in [2.45, 2.75) is 12.5 Å². The maximum atomic E-state index is 10.7. The first-order chi connectivity index (χ1) is 7.00. The second-order valence-electron chi connectivity index (χ2n) is 2.98. The van der Waals surface area contributed by atoms with Crippen molar-refractivity contribution in [3.63, 3.8) is 0 Å². The molecule has 6 nitrogen and oxygen atoms in total. The van der Waals surface area contributed by atoms with Crippen molar-refractivity contribution in [1.82, 2.24) is 5.32 Å². The summed E-state index contributed by atoms with van der Waals surface area (Å²) in [6.45, 7) is 0. The van der Waals surface area contributed by atoms with Crippen molar-refractivity contribution in [2.24, 2.45) is 0 Å². The molecule has 0 radical (unpaired) electrons. The smallest absolute Gasteiger partial charge is 0.376 e.